The Morgan fingerprint density at radius 2 is 2.09 bits per heavy atom. The largest absolute Gasteiger partial charge is 0.466 e. The van der Waals surface area contributed by atoms with Crippen LogP contribution in [0, 0.1) is 5.82 Å². The molecule has 0 spiro atoms. The van der Waals surface area contributed by atoms with Gasteiger partial charge in [-0.15, -0.1) is 0 Å². The van der Waals surface area contributed by atoms with Gasteiger partial charge in [-0.05, 0) is 74.9 Å². The molecule has 0 saturated carbocycles. The predicted molar refractivity (Wildman–Crippen MR) is 131 cm³/mol. The number of benzene rings is 2. The number of hydrogen-bond donors (Lipinski definition) is 1. The molecule has 1 fully saturated rings. The SMILES string of the molecule is CCOC(=O)CCc1ccccc1[C@@H](C)OC[C@H](O)CN1CCC[C@H]1Cc1ccc(F)c(Cl)c1. The van der Waals surface area contributed by atoms with Crippen LogP contribution in [0.2, 0.25) is 5.02 Å². The van der Waals surface area contributed by atoms with E-state index in [1.165, 1.54) is 6.07 Å². The maximum Gasteiger partial charge on any atom is 0.306 e. The summed E-state index contributed by atoms with van der Waals surface area (Å²) < 4.78 is 24.5. The van der Waals surface area contributed by atoms with Crippen LogP contribution < -0.4 is 0 Å². The van der Waals surface area contributed by atoms with Crippen molar-refractivity contribution in [2.45, 2.75) is 64.2 Å². The van der Waals surface area contributed by atoms with Crippen LogP contribution in [0.1, 0.15) is 55.9 Å². The Morgan fingerprint density at radius 1 is 1.29 bits per heavy atom. The van der Waals surface area contributed by atoms with E-state index in [2.05, 4.69) is 4.90 Å². The van der Waals surface area contributed by atoms with Crippen molar-refractivity contribution in [2.24, 2.45) is 0 Å². The molecule has 0 amide bonds. The zero-order valence-electron chi connectivity index (χ0n) is 20.0. The van der Waals surface area contributed by atoms with Gasteiger partial charge >= 0.3 is 5.97 Å². The second kappa shape index (κ2) is 13.2. The van der Waals surface area contributed by atoms with Crippen LogP contribution in [-0.4, -0.2) is 54.4 Å². The van der Waals surface area contributed by atoms with Crippen molar-refractivity contribution in [2.75, 3.05) is 26.3 Å². The highest BCUT2D eigenvalue weighted by Crippen LogP contribution is 2.25. The molecular formula is C27H35ClFNO4. The normalized spacial score (nSPS) is 18.1. The number of aliphatic hydroxyl groups is 1. The highest BCUT2D eigenvalue weighted by Gasteiger charge is 2.27. The van der Waals surface area contributed by atoms with E-state index in [1.54, 1.807) is 19.1 Å². The second-order valence-corrected chi connectivity index (χ2v) is 9.28. The lowest BCUT2D eigenvalue weighted by atomic mass is 9.99. The second-order valence-electron chi connectivity index (χ2n) is 8.88. The topological polar surface area (TPSA) is 59.0 Å². The molecule has 5 nitrogen and oxygen atoms in total. The molecule has 0 unspecified atom stereocenters. The highest BCUT2D eigenvalue weighted by molar-refractivity contribution is 6.30. The van der Waals surface area contributed by atoms with E-state index in [9.17, 15) is 14.3 Å². The lowest BCUT2D eigenvalue weighted by Crippen LogP contribution is -2.39. The van der Waals surface area contributed by atoms with Gasteiger partial charge < -0.3 is 14.6 Å². The molecule has 2 aromatic rings. The number of nitrogens with zero attached hydrogens (tertiary/aromatic N) is 1. The van der Waals surface area contributed by atoms with Gasteiger partial charge in [-0.1, -0.05) is 41.9 Å². The Bertz CT molecular complexity index is 941. The summed E-state index contributed by atoms with van der Waals surface area (Å²) in [6.45, 7) is 5.81. The smallest absolute Gasteiger partial charge is 0.306 e. The van der Waals surface area contributed by atoms with E-state index in [-0.39, 0.29) is 29.7 Å². The van der Waals surface area contributed by atoms with Crippen molar-refractivity contribution < 1.29 is 23.8 Å². The molecule has 1 aliphatic rings. The molecule has 1 aliphatic heterocycles. The van der Waals surface area contributed by atoms with Gasteiger partial charge in [0.15, 0.2) is 0 Å². The quantitative estimate of drug-likeness (QED) is 0.417. The number of carbonyl (C=O) groups is 1. The molecule has 7 heteroatoms. The van der Waals surface area contributed by atoms with Gasteiger partial charge in [0.05, 0.1) is 30.4 Å². The summed E-state index contributed by atoms with van der Waals surface area (Å²) in [5.74, 6) is -0.609. The van der Waals surface area contributed by atoms with Gasteiger partial charge in [-0.2, -0.15) is 0 Å². The Balaban J connectivity index is 1.50. The van der Waals surface area contributed by atoms with E-state index in [0.717, 1.165) is 42.5 Å². The first-order valence-electron chi connectivity index (χ1n) is 12.1. The van der Waals surface area contributed by atoms with E-state index in [1.807, 2.05) is 31.2 Å². The zero-order chi connectivity index (χ0) is 24.5. The molecule has 34 heavy (non-hydrogen) atoms. The first kappa shape index (κ1) is 26.6. The lowest BCUT2D eigenvalue weighted by Gasteiger charge is -2.27. The van der Waals surface area contributed by atoms with Gasteiger partial charge in [0, 0.05) is 19.0 Å². The number of esters is 1. The molecule has 3 atom stereocenters. The molecule has 1 heterocycles. The Morgan fingerprint density at radius 3 is 2.85 bits per heavy atom. The number of carbonyl (C=O) groups excluding carboxylic acids is 1. The summed E-state index contributed by atoms with van der Waals surface area (Å²) >= 11 is 5.93. The molecule has 3 rings (SSSR count). The molecule has 1 N–H and O–H groups in total. The third-order valence-electron chi connectivity index (χ3n) is 6.34. The highest BCUT2D eigenvalue weighted by atomic mass is 35.5. The number of hydrogen-bond acceptors (Lipinski definition) is 5. The molecule has 0 bridgehead atoms. The van der Waals surface area contributed by atoms with Crippen LogP contribution in [-0.2, 0) is 27.1 Å². The van der Waals surface area contributed by atoms with Gasteiger partial charge in [-0.25, -0.2) is 4.39 Å². The average molecular weight is 492 g/mol. The monoisotopic (exact) mass is 491 g/mol. The number of halogens is 2. The molecule has 186 valence electrons. The van der Waals surface area contributed by atoms with Crippen molar-refractivity contribution in [3.8, 4) is 0 Å². The number of likely N-dealkylation sites (tertiary alicyclic amines) is 1. The predicted octanol–water partition coefficient (Wildman–Crippen LogP) is 5.12. The number of aliphatic hydroxyl groups excluding tert-OH is 1. The fourth-order valence-electron chi connectivity index (χ4n) is 4.60. The first-order valence-corrected chi connectivity index (χ1v) is 12.5. The summed E-state index contributed by atoms with van der Waals surface area (Å²) in [6.07, 6.45) is 2.97. The average Bonchev–Trinajstić information content (AvgIpc) is 3.25. The van der Waals surface area contributed by atoms with E-state index in [4.69, 9.17) is 21.1 Å². The van der Waals surface area contributed by atoms with Gasteiger partial charge in [0.25, 0.3) is 0 Å². The lowest BCUT2D eigenvalue weighted by molar-refractivity contribution is -0.143. The van der Waals surface area contributed by atoms with Crippen LogP contribution in [0.3, 0.4) is 0 Å². The maximum atomic E-state index is 13.5. The van der Waals surface area contributed by atoms with E-state index >= 15 is 0 Å². The molecule has 0 radical (unpaired) electrons. The van der Waals surface area contributed by atoms with Gasteiger partial charge in [0.1, 0.15) is 5.82 Å². The number of ether oxygens (including phenoxy) is 2. The summed E-state index contributed by atoms with van der Waals surface area (Å²) in [6, 6.07) is 13.1. The minimum atomic E-state index is -0.619. The van der Waals surface area contributed by atoms with Crippen LogP contribution in [0.4, 0.5) is 4.39 Å². The summed E-state index contributed by atoms with van der Waals surface area (Å²) in [4.78, 5) is 14.0. The third-order valence-corrected chi connectivity index (χ3v) is 6.62. The molecule has 1 saturated heterocycles. The van der Waals surface area contributed by atoms with Gasteiger partial charge in [0.2, 0.25) is 0 Å². The van der Waals surface area contributed by atoms with Crippen molar-refractivity contribution in [1.29, 1.82) is 0 Å². The van der Waals surface area contributed by atoms with Crippen molar-refractivity contribution in [1.82, 2.24) is 4.90 Å². The summed E-state index contributed by atoms with van der Waals surface area (Å²) in [7, 11) is 0. The number of aryl methyl sites for hydroxylation is 1. The first-order chi connectivity index (χ1) is 16.4. The van der Waals surface area contributed by atoms with Crippen molar-refractivity contribution in [3.63, 3.8) is 0 Å². The Labute approximate surface area is 206 Å². The Hall–Kier alpha value is -1.99. The molecule has 0 aliphatic carbocycles. The van der Waals surface area contributed by atoms with E-state index in [0.29, 0.717) is 26.0 Å². The standard InChI is InChI=1S/C27H35ClFNO4/c1-3-33-27(32)13-11-21-7-4-5-9-24(21)19(2)34-18-23(31)17-30-14-6-8-22(30)15-20-10-12-26(29)25(28)16-20/h4-5,7,9-10,12,16,19,22-23,31H,3,6,8,11,13-15,17-18H2,1-2H3/t19-,22+,23-/m1/s1. The van der Waals surface area contributed by atoms with Crippen LogP contribution in [0.25, 0.3) is 0 Å². The fourth-order valence-corrected chi connectivity index (χ4v) is 4.81. The van der Waals surface area contributed by atoms with Crippen LogP contribution in [0.15, 0.2) is 42.5 Å². The molecular weight excluding hydrogens is 457 g/mol. The summed E-state index contributed by atoms with van der Waals surface area (Å²) in [5, 5.41) is 10.8. The van der Waals surface area contributed by atoms with Crippen molar-refractivity contribution in [3.05, 3.63) is 70.0 Å². The zero-order valence-corrected chi connectivity index (χ0v) is 20.8. The summed E-state index contributed by atoms with van der Waals surface area (Å²) in [5.41, 5.74) is 3.07. The van der Waals surface area contributed by atoms with Crippen molar-refractivity contribution >= 4 is 17.6 Å². The van der Waals surface area contributed by atoms with E-state index < -0.39 is 11.9 Å². The van der Waals surface area contributed by atoms with Gasteiger partial charge in [-0.3, -0.25) is 9.69 Å². The van der Waals surface area contributed by atoms with Crippen LogP contribution in [0.5, 0.6) is 0 Å². The maximum absolute atomic E-state index is 13.5. The number of β-amino-alcohol motifs (C(OH)–C–C–N with tert-alkyl or cyclic N) is 1. The minimum absolute atomic E-state index is 0.145. The number of rotatable bonds is 12. The Kier molecular flexibility index (Phi) is 10.3. The minimum Gasteiger partial charge on any atom is -0.466 e. The molecule has 0 aromatic heterocycles. The molecule has 2 aromatic carbocycles. The fraction of sp³-hybridized carbons (Fsp3) is 0.519. The third kappa shape index (κ3) is 7.77. The van der Waals surface area contributed by atoms with Crippen LogP contribution >= 0.6 is 11.6 Å².